The quantitative estimate of drug-likeness (QED) is 0.891. The zero-order chi connectivity index (χ0) is 16.8. The molecule has 4 nitrogen and oxygen atoms in total. The topological polar surface area (TPSA) is 47.6 Å². The van der Waals surface area contributed by atoms with Crippen LogP contribution in [0.4, 0.5) is 0 Å². The summed E-state index contributed by atoms with van der Waals surface area (Å²) in [5.74, 6) is 1.41. The molecule has 2 aromatic rings. The van der Waals surface area contributed by atoms with Gasteiger partial charge >= 0.3 is 0 Å². The van der Waals surface area contributed by atoms with Crippen molar-refractivity contribution in [2.24, 2.45) is 0 Å². The highest BCUT2D eigenvalue weighted by molar-refractivity contribution is 5.79. The SMILES string of the molecule is COc1cc(CC(=O)NCc2ccc(C)cc2)c(OC)cc1C. The number of carbonyl (C=O) groups is 1. The van der Waals surface area contributed by atoms with E-state index in [9.17, 15) is 4.79 Å². The highest BCUT2D eigenvalue weighted by atomic mass is 16.5. The molecule has 0 radical (unpaired) electrons. The zero-order valence-electron chi connectivity index (χ0n) is 14.1. The van der Waals surface area contributed by atoms with E-state index < -0.39 is 0 Å². The summed E-state index contributed by atoms with van der Waals surface area (Å²) in [4.78, 5) is 12.2. The molecule has 0 atom stereocenters. The fourth-order valence-corrected chi connectivity index (χ4v) is 2.39. The molecule has 1 amide bonds. The Bertz CT molecular complexity index is 678. The van der Waals surface area contributed by atoms with E-state index in [1.54, 1.807) is 14.2 Å². The summed E-state index contributed by atoms with van der Waals surface area (Å²) in [6.07, 6.45) is 0.256. The molecule has 0 saturated heterocycles. The Morgan fingerprint density at radius 1 is 1.00 bits per heavy atom. The van der Waals surface area contributed by atoms with Gasteiger partial charge in [0.2, 0.25) is 5.91 Å². The van der Waals surface area contributed by atoms with Gasteiger partial charge in [0.25, 0.3) is 0 Å². The first-order valence-corrected chi connectivity index (χ1v) is 7.57. The van der Waals surface area contributed by atoms with Gasteiger partial charge in [0, 0.05) is 12.1 Å². The Kier molecular flexibility index (Phi) is 5.63. The molecule has 0 aliphatic carbocycles. The summed E-state index contributed by atoms with van der Waals surface area (Å²) < 4.78 is 10.7. The van der Waals surface area contributed by atoms with Crippen molar-refractivity contribution >= 4 is 5.91 Å². The third-order valence-corrected chi connectivity index (χ3v) is 3.76. The monoisotopic (exact) mass is 313 g/mol. The first-order chi connectivity index (χ1) is 11.0. The van der Waals surface area contributed by atoms with Crippen molar-refractivity contribution in [1.29, 1.82) is 0 Å². The van der Waals surface area contributed by atoms with Crippen LogP contribution in [0.25, 0.3) is 0 Å². The fourth-order valence-electron chi connectivity index (χ4n) is 2.39. The number of nitrogens with one attached hydrogen (secondary N) is 1. The molecule has 23 heavy (non-hydrogen) atoms. The van der Waals surface area contributed by atoms with Gasteiger partial charge < -0.3 is 14.8 Å². The molecular weight excluding hydrogens is 290 g/mol. The lowest BCUT2D eigenvalue weighted by atomic mass is 10.1. The highest BCUT2D eigenvalue weighted by Gasteiger charge is 2.12. The van der Waals surface area contributed by atoms with Gasteiger partial charge in [0.15, 0.2) is 0 Å². The van der Waals surface area contributed by atoms with E-state index in [1.807, 2.05) is 50.2 Å². The molecule has 0 aromatic heterocycles. The number of ether oxygens (including phenoxy) is 2. The molecule has 0 heterocycles. The lowest BCUT2D eigenvalue weighted by Gasteiger charge is -2.13. The van der Waals surface area contributed by atoms with Crippen LogP contribution < -0.4 is 14.8 Å². The highest BCUT2D eigenvalue weighted by Crippen LogP contribution is 2.28. The molecule has 2 rings (SSSR count). The van der Waals surface area contributed by atoms with Gasteiger partial charge in [-0.2, -0.15) is 0 Å². The maximum absolute atomic E-state index is 12.2. The lowest BCUT2D eigenvalue weighted by Crippen LogP contribution is -2.24. The third kappa shape index (κ3) is 4.49. The van der Waals surface area contributed by atoms with Crippen LogP contribution in [0.3, 0.4) is 0 Å². The number of hydrogen-bond donors (Lipinski definition) is 1. The molecule has 0 spiro atoms. The molecule has 2 aromatic carbocycles. The number of rotatable bonds is 6. The van der Waals surface area contributed by atoms with E-state index >= 15 is 0 Å². The van der Waals surface area contributed by atoms with E-state index in [1.165, 1.54) is 5.56 Å². The van der Waals surface area contributed by atoms with Crippen molar-refractivity contribution in [2.75, 3.05) is 14.2 Å². The Labute approximate surface area is 137 Å². The Hall–Kier alpha value is -2.49. The van der Waals surface area contributed by atoms with Crippen molar-refractivity contribution in [3.8, 4) is 11.5 Å². The van der Waals surface area contributed by atoms with Gasteiger partial charge in [0.1, 0.15) is 11.5 Å². The third-order valence-electron chi connectivity index (χ3n) is 3.76. The maximum atomic E-state index is 12.2. The van der Waals surface area contributed by atoms with Crippen LogP contribution in [-0.4, -0.2) is 20.1 Å². The second-order valence-corrected chi connectivity index (χ2v) is 5.57. The molecule has 0 unspecified atom stereocenters. The smallest absolute Gasteiger partial charge is 0.224 e. The summed E-state index contributed by atoms with van der Waals surface area (Å²) in [6.45, 7) is 4.51. The zero-order valence-corrected chi connectivity index (χ0v) is 14.1. The maximum Gasteiger partial charge on any atom is 0.224 e. The largest absolute Gasteiger partial charge is 0.496 e. The average Bonchev–Trinajstić information content (AvgIpc) is 2.55. The summed E-state index contributed by atoms with van der Waals surface area (Å²) in [5.41, 5.74) is 4.08. The summed E-state index contributed by atoms with van der Waals surface area (Å²) >= 11 is 0. The van der Waals surface area contributed by atoms with E-state index in [-0.39, 0.29) is 12.3 Å². The van der Waals surface area contributed by atoms with Gasteiger partial charge in [-0.05, 0) is 37.1 Å². The molecule has 1 N–H and O–H groups in total. The number of aryl methyl sites for hydroxylation is 2. The van der Waals surface area contributed by atoms with Crippen molar-refractivity contribution in [3.05, 3.63) is 58.7 Å². The normalized spacial score (nSPS) is 10.3. The van der Waals surface area contributed by atoms with Crippen molar-refractivity contribution in [1.82, 2.24) is 5.32 Å². The van der Waals surface area contributed by atoms with E-state index in [0.717, 1.165) is 22.4 Å². The van der Waals surface area contributed by atoms with Crippen molar-refractivity contribution < 1.29 is 14.3 Å². The van der Waals surface area contributed by atoms with Crippen LogP contribution in [0.5, 0.6) is 11.5 Å². The molecular formula is C19H23NO3. The molecule has 0 saturated carbocycles. The lowest BCUT2D eigenvalue weighted by molar-refractivity contribution is -0.120. The number of amides is 1. The Morgan fingerprint density at radius 2 is 1.65 bits per heavy atom. The fraction of sp³-hybridized carbons (Fsp3) is 0.316. The summed E-state index contributed by atoms with van der Waals surface area (Å²) in [5, 5.41) is 2.93. The molecule has 0 fully saturated rings. The van der Waals surface area contributed by atoms with Gasteiger partial charge in [-0.3, -0.25) is 4.79 Å². The minimum atomic E-state index is -0.0465. The number of methoxy groups -OCH3 is 2. The Balaban J connectivity index is 2.03. The minimum absolute atomic E-state index is 0.0465. The predicted octanol–water partition coefficient (Wildman–Crippen LogP) is 3.18. The van der Waals surface area contributed by atoms with Gasteiger partial charge in [-0.15, -0.1) is 0 Å². The molecule has 0 bridgehead atoms. The van der Waals surface area contributed by atoms with Gasteiger partial charge in [0.05, 0.1) is 20.6 Å². The van der Waals surface area contributed by atoms with Crippen LogP contribution in [0.1, 0.15) is 22.3 Å². The molecule has 0 aliphatic heterocycles. The van der Waals surface area contributed by atoms with Crippen molar-refractivity contribution in [2.45, 2.75) is 26.8 Å². The van der Waals surface area contributed by atoms with E-state index in [0.29, 0.717) is 12.3 Å². The standard InChI is InChI=1S/C19H23NO3/c1-13-5-7-15(8-6-13)12-20-19(21)11-16-10-17(22-3)14(2)9-18(16)23-4/h5-10H,11-12H2,1-4H3,(H,20,21). The average molecular weight is 313 g/mol. The second kappa shape index (κ2) is 7.68. The second-order valence-electron chi connectivity index (χ2n) is 5.57. The molecule has 4 heteroatoms. The van der Waals surface area contributed by atoms with Crippen molar-refractivity contribution in [3.63, 3.8) is 0 Å². The van der Waals surface area contributed by atoms with Crippen LogP contribution >= 0.6 is 0 Å². The van der Waals surface area contributed by atoms with E-state index in [4.69, 9.17) is 9.47 Å². The summed E-state index contributed by atoms with van der Waals surface area (Å²) in [7, 11) is 3.23. The van der Waals surface area contributed by atoms with Crippen LogP contribution in [-0.2, 0) is 17.8 Å². The minimum Gasteiger partial charge on any atom is -0.496 e. The predicted molar refractivity (Wildman–Crippen MR) is 91.0 cm³/mol. The van der Waals surface area contributed by atoms with Gasteiger partial charge in [-0.25, -0.2) is 0 Å². The molecule has 122 valence electrons. The first-order valence-electron chi connectivity index (χ1n) is 7.57. The number of benzene rings is 2. The van der Waals surface area contributed by atoms with Gasteiger partial charge in [-0.1, -0.05) is 29.8 Å². The Morgan fingerprint density at radius 3 is 2.26 bits per heavy atom. The summed E-state index contributed by atoms with van der Waals surface area (Å²) in [6, 6.07) is 11.9. The van der Waals surface area contributed by atoms with Crippen LogP contribution in [0.15, 0.2) is 36.4 Å². The van der Waals surface area contributed by atoms with Crippen LogP contribution in [0.2, 0.25) is 0 Å². The number of hydrogen-bond acceptors (Lipinski definition) is 3. The van der Waals surface area contributed by atoms with Crippen LogP contribution in [0, 0.1) is 13.8 Å². The number of carbonyl (C=O) groups excluding carboxylic acids is 1. The first kappa shape index (κ1) is 16.9. The molecule has 0 aliphatic rings. The van der Waals surface area contributed by atoms with E-state index in [2.05, 4.69) is 5.32 Å².